The number of thioether (sulfide) groups is 1. The number of aliphatic imine (C=N–C) groups is 1. The molecule has 2 amide bonds. The maximum atomic E-state index is 13.9. The van der Waals surface area contributed by atoms with Crippen molar-refractivity contribution in [3.8, 4) is 0 Å². The van der Waals surface area contributed by atoms with Crippen LogP contribution in [0.2, 0.25) is 0 Å². The second-order valence-corrected chi connectivity index (χ2v) is 11.9. The fourth-order valence-corrected chi connectivity index (χ4v) is 6.71. The lowest BCUT2D eigenvalue weighted by atomic mass is 9.83. The molecule has 0 aromatic rings. The number of nitrogens with one attached hydrogen (secondary N) is 2. The smallest absolute Gasteiger partial charge is 0.312 e. The lowest BCUT2D eigenvalue weighted by molar-refractivity contribution is -0.151. The Morgan fingerprint density at radius 2 is 1.76 bits per heavy atom. The van der Waals surface area contributed by atoms with Crippen LogP contribution in [0.15, 0.2) is 17.8 Å². The standard InChI is InChI=1S/C28H46N4O4S/c1-4-29-26(37-5-2)25(33)31-23-16-17-32(19-22(23)28(35)36-3)27(34)24(18-20-12-8-6-9-13-20)30-21-14-10-7-11-15-21/h4,20-24,30H,1,5-19H2,2-3H3,(H,31,33)/t22-,23+,24+/m0/s1. The van der Waals surface area contributed by atoms with E-state index in [0.717, 1.165) is 19.3 Å². The largest absolute Gasteiger partial charge is 0.469 e. The predicted molar refractivity (Wildman–Crippen MR) is 149 cm³/mol. The summed E-state index contributed by atoms with van der Waals surface area (Å²) < 4.78 is 5.09. The molecule has 208 valence electrons. The average molecular weight is 535 g/mol. The Bertz CT molecular complexity index is 788. The molecule has 0 aromatic carbocycles. The number of carbonyl (C=O) groups excluding carboxylic acids is 3. The third-order valence-electron chi connectivity index (χ3n) is 8.06. The molecule has 0 unspecified atom stereocenters. The van der Waals surface area contributed by atoms with Gasteiger partial charge in [-0.2, -0.15) is 0 Å². The topological polar surface area (TPSA) is 100 Å². The van der Waals surface area contributed by atoms with E-state index in [2.05, 4.69) is 22.2 Å². The molecule has 2 saturated carbocycles. The molecule has 8 nitrogen and oxygen atoms in total. The summed E-state index contributed by atoms with van der Waals surface area (Å²) in [6.45, 7) is 6.29. The van der Waals surface area contributed by atoms with Crippen molar-refractivity contribution in [1.82, 2.24) is 15.5 Å². The predicted octanol–water partition coefficient (Wildman–Crippen LogP) is 4.05. The minimum Gasteiger partial charge on any atom is -0.469 e. The van der Waals surface area contributed by atoms with Gasteiger partial charge in [-0.25, -0.2) is 4.99 Å². The van der Waals surface area contributed by atoms with Crippen molar-refractivity contribution in [3.05, 3.63) is 12.8 Å². The highest BCUT2D eigenvalue weighted by Gasteiger charge is 2.40. The van der Waals surface area contributed by atoms with Crippen LogP contribution in [-0.4, -0.2) is 71.8 Å². The van der Waals surface area contributed by atoms with E-state index in [-0.39, 0.29) is 24.4 Å². The van der Waals surface area contributed by atoms with Crippen LogP contribution in [0.3, 0.4) is 0 Å². The van der Waals surface area contributed by atoms with Gasteiger partial charge < -0.3 is 20.3 Å². The monoisotopic (exact) mass is 534 g/mol. The third-order valence-corrected chi connectivity index (χ3v) is 8.92. The van der Waals surface area contributed by atoms with Gasteiger partial charge in [-0.1, -0.05) is 64.9 Å². The summed E-state index contributed by atoms with van der Waals surface area (Å²) in [4.78, 5) is 45.4. The highest BCUT2D eigenvalue weighted by molar-refractivity contribution is 8.15. The van der Waals surface area contributed by atoms with Crippen molar-refractivity contribution in [1.29, 1.82) is 0 Å². The Kier molecular flexibility index (Phi) is 12.5. The molecule has 0 aromatic heterocycles. The molecule has 0 spiro atoms. The zero-order valence-electron chi connectivity index (χ0n) is 22.7. The Balaban J connectivity index is 1.70. The molecule has 9 heteroatoms. The van der Waals surface area contributed by atoms with Crippen molar-refractivity contribution in [2.75, 3.05) is 26.0 Å². The molecule has 37 heavy (non-hydrogen) atoms. The first-order valence-electron chi connectivity index (χ1n) is 14.2. The summed E-state index contributed by atoms with van der Waals surface area (Å²) in [5, 5.41) is 7.04. The molecule has 3 atom stereocenters. The molecule has 3 fully saturated rings. The summed E-state index contributed by atoms with van der Waals surface area (Å²) in [5.41, 5.74) is 0. The minimum atomic E-state index is -0.617. The second kappa shape index (κ2) is 15.5. The van der Waals surface area contributed by atoms with Gasteiger partial charge in [-0.3, -0.25) is 14.4 Å². The van der Waals surface area contributed by atoms with Gasteiger partial charge in [0.25, 0.3) is 5.91 Å². The number of rotatable bonds is 9. The normalized spacial score (nSPS) is 24.8. The number of carbonyl (C=O) groups is 3. The lowest BCUT2D eigenvalue weighted by Crippen LogP contribution is -2.59. The first-order valence-corrected chi connectivity index (χ1v) is 15.2. The molecule has 2 N–H and O–H groups in total. The first kappa shape index (κ1) is 29.7. The zero-order valence-corrected chi connectivity index (χ0v) is 23.5. The van der Waals surface area contributed by atoms with E-state index >= 15 is 0 Å². The second-order valence-electron chi connectivity index (χ2n) is 10.6. The van der Waals surface area contributed by atoms with Gasteiger partial charge in [-0.05, 0) is 37.4 Å². The Morgan fingerprint density at radius 3 is 2.38 bits per heavy atom. The van der Waals surface area contributed by atoms with Crippen LogP contribution in [0, 0.1) is 11.8 Å². The third kappa shape index (κ3) is 8.84. The molecule has 3 rings (SSSR count). The number of ether oxygens (including phenoxy) is 1. The minimum absolute atomic E-state index is 0.0882. The molecule has 3 aliphatic rings. The van der Waals surface area contributed by atoms with Gasteiger partial charge in [0.05, 0.1) is 19.1 Å². The summed E-state index contributed by atoms with van der Waals surface area (Å²) in [6.07, 6.45) is 14.8. The molecule has 1 aliphatic heterocycles. The number of likely N-dealkylation sites (tertiary alicyclic amines) is 1. The van der Waals surface area contributed by atoms with E-state index in [0.29, 0.717) is 35.7 Å². The maximum absolute atomic E-state index is 13.9. The number of hydrogen-bond acceptors (Lipinski definition) is 7. The van der Waals surface area contributed by atoms with Crippen LogP contribution >= 0.6 is 11.8 Å². The SMILES string of the molecule is C=CN=C(SCC)C(=O)N[C@@H]1CCN(C(=O)[C@@H](CC2CCCCC2)NC2CCCCC2)C[C@@H]1C(=O)OC. The molecule has 2 aliphatic carbocycles. The van der Waals surface area contributed by atoms with Crippen molar-refractivity contribution in [2.45, 2.75) is 102 Å². The van der Waals surface area contributed by atoms with E-state index in [1.807, 2.05) is 11.8 Å². The van der Waals surface area contributed by atoms with E-state index in [1.54, 1.807) is 0 Å². The Labute approximate surface area is 226 Å². The van der Waals surface area contributed by atoms with Gasteiger partial charge in [0, 0.05) is 31.4 Å². The van der Waals surface area contributed by atoms with Gasteiger partial charge in [0.15, 0.2) is 5.04 Å². The van der Waals surface area contributed by atoms with Gasteiger partial charge in [0.2, 0.25) is 5.91 Å². The number of amides is 2. The number of esters is 1. The fourth-order valence-electron chi connectivity index (χ4n) is 6.10. The van der Waals surface area contributed by atoms with E-state index < -0.39 is 17.9 Å². The van der Waals surface area contributed by atoms with Crippen LogP contribution in [0.4, 0.5) is 0 Å². The Hall–Kier alpha value is -1.87. The Morgan fingerprint density at radius 1 is 1.08 bits per heavy atom. The van der Waals surface area contributed by atoms with Crippen molar-refractivity contribution < 1.29 is 19.1 Å². The van der Waals surface area contributed by atoms with Crippen LogP contribution in [0.5, 0.6) is 0 Å². The van der Waals surface area contributed by atoms with Gasteiger partial charge in [-0.15, -0.1) is 11.8 Å². The number of hydrogen-bond donors (Lipinski definition) is 2. The van der Waals surface area contributed by atoms with Crippen molar-refractivity contribution >= 4 is 34.6 Å². The van der Waals surface area contributed by atoms with E-state index in [4.69, 9.17) is 4.74 Å². The highest BCUT2D eigenvalue weighted by Crippen LogP contribution is 2.29. The fraction of sp³-hybridized carbons (Fsp3) is 0.786. The van der Waals surface area contributed by atoms with Crippen LogP contribution in [0.1, 0.15) is 84.0 Å². The summed E-state index contributed by atoms with van der Waals surface area (Å²) in [7, 11) is 1.36. The van der Waals surface area contributed by atoms with Crippen molar-refractivity contribution in [2.24, 2.45) is 16.8 Å². The van der Waals surface area contributed by atoms with Crippen LogP contribution in [-0.2, 0) is 19.1 Å². The highest BCUT2D eigenvalue weighted by atomic mass is 32.2. The molecule has 0 bridgehead atoms. The van der Waals surface area contributed by atoms with Crippen LogP contribution in [0.25, 0.3) is 0 Å². The summed E-state index contributed by atoms with van der Waals surface area (Å²) in [5.74, 6) is 0.0186. The molecule has 0 radical (unpaired) electrons. The summed E-state index contributed by atoms with van der Waals surface area (Å²) in [6, 6.07) is -0.249. The zero-order chi connectivity index (χ0) is 26.6. The molecule has 1 heterocycles. The summed E-state index contributed by atoms with van der Waals surface area (Å²) >= 11 is 1.33. The maximum Gasteiger partial charge on any atom is 0.312 e. The average Bonchev–Trinajstić information content (AvgIpc) is 2.93. The molecular formula is C28H46N4O4S. The van der Waals surface area contributed by atoms with Crippen molar-refractivity contribution in [3.63, 3.8) is 0 Å². The van der Waals surface area contributed by atoms with E-state index in [1.165, 1.54) is 76.4 Å². The molecule has 1 saturated heterocycles. The number of nitrogens with zero attached hydrogens (tertiary/aromatic N) is 2. The quantitative estimate of drug-likeness (QED) is 0.263. The lowest BCUT2D eigenvalue weighted by Gasteiger charge is -2.40. The van der Waals surface area contributed by atoms with E-state index in [9.17, 15) is 14.4 Å². The van der Waals surface area contributed by atoms with Gasteiger partial charge in [0.1, 0.15) is 0 Å². The number of methoxy groups -OCH3 is 1. The van der Waals surface area contributed by atoms with Gasteiger partial charge >= 0.3 is 5.97 Å². The number of piperidine rings is 1. The van der Waals surface area contributed by atoms with Crippen LogP contribution < -0.4 is 10.6 Å². The first-order chi connectivity index (χ1) is 18.0. The molecular weight excluding hydrogens is 488 g/mol.